The van der Waals surface area contributed by atoms with Crippen LogP contribution in [0, 0.1) is 17.8 Å². The molecule has 1 fully saturated rings. The first-order valence-electron chi connectivity index (χ1n) is 6.33. The van der Waals surface area contributed by atoms with Gasteiger partial charge in [-0.05, 0) is 42.4 Å². The predicted octanol–water partition coefficient (Wildman–Crippen LogP) is 4.13. The first-order chi connectivity index (χ1) is 8.06. The summed E-state index contributed by atoms with van der Waals surface area (Å²) in [5.74, 6) is 1.75. The van der Waals surface area contributed by atoms with E-state index in [1.807, 2.05) is 12.1 Å². The van der Waals surface area contributed by atoms with Gasteiger partial charge < -0.3 is 0 Å². The molecule has 1 saturated carbocycles. The van der Waals surface area contributed by atoms with Crippen molar-refractivity contribution in [3.8, 4) is 0 Å². The fourth-order valence-electron chi connectivity index (χ4n) is 2.76. The van der Waals surface area contributed by atoms with Gasteiger partial charge in [-0.25, -0.2) is 0 Å². The molecule has 0 N–H and O–H groups in total. The van der Waals surface area contributed by atoms with Gasteiger partial charge in [0.15, 0.2) is 0 Å². The number of halogens is 1. The molecule has 1 aliphatic rings. The van der Waals surface area contributed by atoms with Crippen molar-refractivity contribution in [3.63, 3.8) is 0 Å². The molecule has 1 aromatic carbocycles. The van der Waals surface area contributed by atoms with Crippen molar-refractivity contribution in [2.45, 2.75) is 33.1 Å². The summed E-state index contributed by atoms with van der Waals surface area (Å²) in [5.41, 5.74) is 1.29. The van der Waals surface area contributed by atoms with E-state index < -0.39 is 0 Å². The number of benzene rings is 1. The number of carbonyl (C=O) groups excluding carboxylic acids is 1. The summed E-state index contributed by atoms with van der Waals surface area (Å²) in [7, 11) is 0. The second-order valence-electron chi connectivity index (χ2n) is 5.45. The zero-order valence-electron chi connectivity index (χ0n) is 10.4. The Balaban J connectivity index is 1.97. The van der Waals surface area contributed by atoms with Crippen LogP contribution in [0.5, 0.6) is 0 Å². The van der Waals surface area contributed by atoms with Gasteiger partial charge in [0.25, 0.3) is 0 Å². The summed E-state index contributed by atoms with van der Waals surface area (Å²) in [6, 6.07) is 7.98. The molecule has 0 aliphatic heterocycles. The van der Waals surface area contributed by atoms with Crippen LogP contribution >= 0.6 is 11.6 Å². The topological polar surface area (TPSA) is 17.1 Å². The van der Waals surface area contributed by atoms with Gasteiger partial charge in [-0.3, -0.25) is 4.79 Å². The molecule has 0 radical (unpaired) electrons. The zero-order chi connectivity index (χ0) is 12.4. The fourth-order valence-corrected chi connectivity index (χ4v) is 2.89. The summed E-state index contributed by atoms with van der Waals surface area (Å²) >= 11 is 5.86. The molecule has 1 nitrogen and oxygen atoms in total. The summed E-state index contributed by atoms with van der Waals surface area (Å²) in [5, 5.41) is 0.774. The van der Waals surface area contributed by atoms with Crippen molar-refractivity contribution >= 4 is 17.4 Å². The second-order valence-corrected chi connectivity index (χ2v) is 5.89. The third kappa shape index (κ3) is 3.10. The van der Waals surface area contributed by atoms with Crippen LogP contribution in [-0.2, 0) is 11.2 Å². The highest BCUT2D eigenvalue weighted by atomic mass is 35.5. The number of hydrogen-bond acceptors (Lipinski definition) is 1. The van der Waals surface area contributed by atoms with Gasteiger partial charge in [-0.2, -0.15) is 0 Å². The van der Waals surface area contributed by atoms with Gasteiger partial charge in [0.05, 0.1) is 0 Å². The highest BCUT2D eigenvalue weighted by molar-refractivity contribution is 6.30. The Morgan fingerprint density at radius 1 is 1.29 bits per heavy atom. The van der Waals surface area contributed by atoms with Crippen LogP contribution in [0.1, 0.15) is 32.3 Å². The van der Waals surface area contributed by atoms with E-state index in [1.54, 1.807) is 0 Å². The van der Waals surface area contributed by atoms with Crippen LogP contribution in [0.4, 0.5) is 0 Å². The van der Waals surface area contributed by atoms with Crippen LogP contribution < -0.4 is 0 Å². The Morgan fingerprint density at radius 3 is 2.47 bits per heavy atom. The minimum atomic E-state index is 0.285. The average Bonchev–Trinajstić information content (AvgIpc) is 2.63. The number of hydrogen-bond donors (Lipinski definition) is 0. The van der Waals surface area contributed by atoms with E-state index >= 15 is 0 Å². The maximum atomic E-state index is 11.8. The van der Waals surface area contributed by atoms with Crippen LogP contribution in [-0.4, -0.2) is 5.78 Å². The highest BCUT2D eigenvalue weighted by Gasteiger charge is 2.33. The van der Waals surface area contributed by atoms with Gasteiger partial charge in [0, 0.05) is 17.4 Å². The summed E-state index contributed by atoms with van der Waals surface area (Å²) in [6.45, 7) is 4.29. The Kier molecular flexibility index (Phi) is 3.88. The Bertz CT molecular complexity index is 394. The maximum Gasteiger partial charge on any atom is 0.136 e. The number of Topliss-reactive ketones (excluding diaryl/α,β-unsaturated/α-hetero) is 1. The van der Waals surface area contributed by atoms with E-state index in [4.69, 9.17) is 11.6 Å². The van der Waals surface area contributed by atoms with Crippen LogP contribution in [0.15, 0.2) is 24.3 Å². The number of ketones is 1. The molecule has 0 saturated heterocycles. The molecule has 17 heavy (non-hydrogen) atoms. The zero-order valence-corrected chi connectivity index (χ0v) is 11.2. The van der Waals surface area contributed by atoms with Crippen molar-refractivity contribution in [2.24, 2.45) is 17.8 Å². The molecule has 0 amide bonds. The van der Waals surface area contributed by atoms with Gasteiger partial charge in [0.1, 0.15) is 5.78 Å². The summed E-state index contributed by atoms with van der Waals surface area (Å²) < 4.78 is 0. The first-order valence-corrected chi connectivity index (χ1v) is 6.71. The van der Waals surface area contributed by atoms with Gasteiger partial charge >= 0.3 is 0 Å². The molecular formula is C15H19ClO. The van der Waals surface area contributed by atoms with Crippen molar-refractivity contribution in [2.75, 3.05) is 0 Å². The number of rotatable bonds is 3. The van der Waals surface area contributed by atoms with Crippen LogP contribution in [0.25, 0.3) is 0 Å². The lowest BCUT2D eigenvalue weighted by Gasteiger charge is -2.13. The summed E-state index contributed by atoms with van der Waals surface area (Å²) in [6.07, 6.45) is 2.82. The largest absolute Gasteiger partial charge is 0.299 e. The van der Waals surface area contributed by atoms with E-state index in [1.165, 1.54) is 5.56 Å². The molecule has 0 bridgehead atoms. The third-order valence-corrected chi connectivity index (χ3v) is 3.99. The first kappa shape index (κ1) is 12.6. The molecule has 0 aromatic heterocycles. The lowest BCUT2D eigenvalue weighted by Crippen LogP contribution is -2.12. The molecule has 2 rings (SSSR count). The lowest BCUT2D eigenvalue weighted by molar-refractivity contribution is -0.121. The van der Waals surface area contributed by atoms with Crippen molar-refractivity contribution in [1.82, 2.24) is 0 Å². The van der Waals surface area contributed by atoms with E-state index in [-0.39, 0.29) is 5.92 Å². The monoisotopic (exact) mass is 250 g/mol. The SMILES string of the molecule is CC(C)C1CC(Cc2ccc(Cl)cc2)CC1=O. The van der Waals surface area contributed by atoms with Gasteiger partial charge in [-0.15, -0.1) is 0 Å². The van der Waals surface area contributed by atoms with E-state index in [2.05, 4.69) is 26.0 Å². The van der Waals surface area contributed by atoms with Crippen LogP contribution in [0.2, 0.25) is 5.02 Å². The molecule has 2 atom stereocenters. The molecular weight excluding hydrogens is 232 g/mol. The maximum absolute atomic E-state index is 11.8. The molecule has 0 heterocycles. The minimum Gasteiger partial charge on any atom is -0.299 e. The van der Waals surface area contributed by atoms with Crippen molar-refractivity contribution in [1.29, 1.82) is 0 Å². The smallest absolute Gasteiger partial charge is 0.136 e. The number of carbonyl (C=O) groups is 1. The molecule has 92 valence electrons. The Hall–Kier alpha value is -0.820. The van der Waals surface area contributed by atoms with E-state index in [9.17, 15) is 4.79 Å². The second kappa shape index (κ2) is 5.22. The third-order valence-electron chi connectivity index (χ3n) is 3.73. The summed E-state index contributed by atoms with van der Waals surface area (Å²) in [4.78, 5) is 11.8. The minimum absolute atomic E-state index is 0.285. The van der Waals surface area contributed by atoms with Gasteiger partial charge in [0.2, 0.25) is 0 Å². The van der Waals surface area contributed by atoms with E-state index in [0.29, 0.717) is 17.6 Å². The van der Waals surface area contributed by atoms with Crippen LogP contribution in [0.3, 0.4) is 0 Å². The Labute approximate surface area is 108 Å². The molecule has 1 aliphatic carbocycles. The highest BCUT2D eigenvalue weighted by Crippen LogP contribution is 2.34. The van der Waals surface area contributed by atoms with Crippen molar-refractivity contribution < 1.29 is 4.79 Å². The molecule has 0 spiro atoms. The molecule has 2 unspecified atom stereocenters. The molecule has 2 heteroatoms. The predicted molar refractivity (Wildman–Crippen MR) is 71.2 cm³/mol. The Morgan fingerprint density at radius 2 is 1.94 bits per heavy atom. The standard InChI is InChI=1S/C15H19ClO/c1-10(2)14-8-12(9-15(14)17)7-11-3-5-13(16)6-4-11/h3-6,10,12,14H,7-9H2,1-2H3. The molecule has 1 aromatic rings. The lowest BCUT2D eigenvalue weighted by atomic mass is 9.91. The average molecular weight is 251 g/mol. The fraction of sp³-hybridized carbons (Fsp3) is 0.533. The quantitative estimate of drug-likeness (QED) is 0.788. The van der Waals surface area contributed by atoms with Crippen molar-refractivity contribution in [3.05, 3.63) is 34.9 Å². The normalized spacial score (nSPS) is 24.6. The van der Waals surface area contributed by atoms with Gasteiger partial charge in [-0.1, -0.05) is 37.6 Å². The van der Waals surface area contributed by atoms with E-state index in [0.717, 1.165) is 24.3 Å².